The average molecular weight is 341 g/mol. The molecule has 0 fully saturated rings. The molecule has 0 aromatic heterocycles. The second-order valence-corrected chi connectivity index (χ2v) is 5.35. The van der Waals surface area contributed by atoms with E-state index in [2.05, 4.69) is 0 Å². The van der Waals surface area contributed by atoms with Crippen LogP contribution in [0.5, 0.6) is 0 Å². The van der Waals surface area contributed by atoms with Gasteiger partial charge in [-0.15, -0.1) is 0 Å². The number of non-ortho nitro benzene ring substituents is 1. The molecule has 0 spiro atoms. The number of hydrogen-bond donors (Lipinski definition) is 0. The van der Waals surface area contributed by atoms with Gasteiger partial charge in [0.15, 0.2) is 6.23 Å². The molecule has 25 heavy (non-hydrogen) atoms. The molecule has 1 heterocycles. The Bertz CT molecular complexity index is 865. The lowest BCUT2D eigenvalue weighted by molar-refractivity contribution is -0.393. The fourth-order valence-electron chi connectivity index (χ4n) is 2.80. The first-order valence-corrected chi connectivity index (χ1v) is 7.63. The summed E-state index contributed by atoms with van der Waals surface area (Å²) < 4.78 is 5.81. The van der Waals surface area contributed by atoms with Crippen LogP contribution in [0, 0.1) is 20.2 Å². The van der Waals surface area contributed by atoms with Gasteiger partial charge in [-0.2, -0.15) is 0 Å². The van der Waals surface area contributed by atoms with Gasteiger partial charge in [0.05, 0.1) is 15.9 Å². The largest absolute Gasteiger partial charge is 0.354 e. The zero-order valence-electron chi connectivity index (χ0n) is 13.4. The number of benzene rings is 2. The van der Waals surface area contributed by atoms with Gasteiger partial charge in [-0.1, -0.05) is 24.3 Å². The minimum absolute atomic E-state index is 0.236. The van der Waals surface area contributed by atoms with Crippen LogP contribution in [-0.2, 0) is 4.74 Å². The monoisotopic (exact) mass is 341 g/mol. The van der Waals surface area contributed by atoms with Crippen molar-refractivity contribution in [3.63, 3.8) is 0 Å². The number of fused-ring (bicyclic) bond motifs is 1. The smallest absolute Gasteiger partial charge is 0.299 e. The molecule has 1 unspecified atom stereocenters. The first kappa shape index (κ1) is 16.6. The number of hydrogen-bond acceptors (Lipinski definition) is 6. The van der Waals surface area contributed by atoms with E-state index in [0.29, 0.717) is 6.61 Å². The number of nitro groups is 2. The molecule has 1 aliphatic rings. The molecule has 8 heteroatoms. The van der Waals surface area contributed by atoms with Crippen molar-refractivity contribution >= 4 is 23.1 Å². The van der Waals surface area contributed by atoms with Crippen LogP contribution in [0.25, 0.3) is 6.08 Å². The summed E-state index contributed by atoms with van der Waals surface area (Å²) in [7, 11) is 0. The SMILES string of the molecule is CCOC1c2ccccc2C=CN1c1ccc([N+](=O)[O-])cc1[N+](=O)[O-]. The Labute approximate surface area is 143 Å². The van der Waals surface area contributed by atoms with Crippen molar-refractivity contribution < 1.29 is 14.6 Å². The predicted octanol–water partition coefficient (Wildman–Crippen LogP) is 4.03. The Morgan fingerprint density at radius 3 is 2.56 bits per heavy atom. The Hall–Kier alpha value is -3.26. The van der Waals surface area contributed by atoms with E-state index in [0.717, 1.165) is 17.2 Å². The third-order valence-electron chi connectivity index (χ3n) is 3.90. The molecule has 0 aliphatic carbocycles. The normalized spacial score (nSPS) is 15.7. The van der Waals surface area contributed by atoms with Crippen LogP contribution in [0.4, 0.5) is 17.1 Å². The van der Waals surface area contributed by atoms with E-state index in [1.165, 1.54) is 12.1 Å². The Morgan fingerprint density at radius 1 is 1.12 bits per heavy atom. The molecule has 2 aromatic carbocycles. The number of nitrogens with zero attached hydrogens (tertiary/aromatic N) is 3. The summed E-state index contributed by atoms with van der Waals surface area (Å²) in [5.41, 5.74) is 1.40. The highest BCUT2D eigenvalue weighted by Crippen LogP contribution is 2.40. The van der Waals surface area contributed by atoms with Crippen LogP contribution in [0.3, 0.4) is 0 Å². The third-order valence-corrected chi connectivity index (χ3v) is 3.90. The molecule has 2 aromatic rings. The topological polar surface area (TPSA) is 98.8 Å². The highest BCUT2D eigenvalue weighted by Gasteiger charge is 2.30. The van der Waals surface area contributed by atoms with Crippen molar-refractivity contribution in [1.82, 2.24) is 0 Å². The minimum atomic E-state index is -0.655. The lowest BCUT2D eigenvalue weighted by atomic mass is 10.0. The summed E-state index contributed by atoms with van der Waals surface area (Å²) >= 11 is 0. The van der Waals surface area contributed by atoms with Gasteiger partial charge < -0.3 is 9.64 Å². The number of nitro benzene ring substituents is 2. The predicted molar refractivity (Wildman–Crippen MR) is 92.1 cm³/mol. The summed E-state index contributed by atoms with van der Waals surface area (Å²) in [5, 5.41) is 22.4. The fraction of sp³-hybridized carbons (Fsp3) is 0.176. The highest BCUT2D eigenvalue weighted by atomic mass is 16.6. The van der Waals surface area contributed by atoms with E-state index in [9.17, 15) is 20.2 Å². The molecular weight excluding hydrogens is 326 g/mol. The van der Waals surface area contributed by atoms with Crippen molar-refractivity contribution in [3.8, 4) is 0 Å². The van der Waals surface area contributed by atoms with E-state index in [1.54, 1.807) is 11.1 Å². The van der Waals surface area contributed by atoms with Crippen LogP contribution in [0.15, 0.2) is 48.7 Å². The van der Waals surface area contributed by atoms with E-state index in [-0.39, 0.29) is 17.1 Å². The van der Waals surface area contributed by atoms with Crippen molar-refractivity contribution in [2.45, 2.75) is 13.2 Å². The molecular formula is C17H15N3O5. The standard InChI is InChI=1S/C17H15N3O5/c1-2-25-17-14-6-4-3-5-12(14)9-10-18(17)15-8-7-13(19(21)22)11-16(15)20(23)24/h3-11,17H,2H2,1H3. The minimum Gasteiger partial charge on any atom is -0.354 e. The molecule has 0 saturated carbocycles. The molecule has 0 radical (unpaired) electrons. The summed E-state index contributed by atoms with van der Waals surface area (Å²) in [6.07, 6.45) is 2.97. The van der Waals surface area contributed by atoms with Crippen molar-refractivity contribution in [1.29, 1.82) is 0 Å². The zero-order chi connectivity index (χ0) is 18.0. The van der Waals surface area contributed by atoms with Gasteiger partial charge in [0, 0.05) is 24.4 Å². The van der Waals surface area contributed by atoms with Crippen LogP contribution in [-0.4, -0.2) is 16.5 Å². The number of rotatable bonds is 5. The third kappa shape index (κ3) is 3.07. The Kier molecular flexibility index (Phi) is 4.44. The molecule has 8 nitrogen and oxygen atoms in total. The second kappa shape index (κ2) is 6.70. The molecule has 1 aliphatic heterocycles. The first-order valence-electron chi connectivity index (χ1n) is 7.63. The quantitative estimate of drug-likeness (QED) is 0.601. The molecule has 0 bridgehead atoms. The van der Waals surface area contributed by atoms with Crippen LogP contribution in [0.2, 0.25) is 0 Å². The maximum Gasteiger partial charge on any atom is 0.299 e. The van der Waals surface area contributed by atoms with Gasteiger partial charge >= 0.3 is 0 Å². The Morgan fingerprint density at radius 2 is 1.88 bits per heavy atom. The van der Waals surface area contributed by atoms with Gasteiger partial charge in [0.1, 0.15) is 5.69 Å². The maximum atomic E-state index is 11.4. The zero-order valence-corrected chi connectivity index (χ0v) is 13.4. The lowest BCUT2D eigenvalue weighted by Crippen LogP contribution is -2.29. The number of ether oxygens (including phenoxy) is 1. The summed E-state index contributed by atoms with van der Waals surface area (Å²) in [6.45, 7) is 2.24. The summed E-state index contributed by atoms with van der Waals surface area (Å²) in [4.78, 5) is 22.7. The highest BCUT2D eigenvalue weighted by molar-refractivity contribution is 5.73. The molecule has 128 valence electrons. The second-order valence-electron chi connectivity index (χ2n) is 5.35. The summed E-state index contributed by atoms with van der Waals surface area (Å²) in [6, 6.07) is 11.2. The van der Waals surface area contributed by atoms with Gasteiger partial charge in [-0.25, -0.2) is 0 Å². The van der Waals surface area contributed by atoms with E-state index < -0.39 is 16.1 Å². The van der Waals surface area contributed by atoms with Gasteiger partial charge in [-0.3, -0.25) is 20.2 Å². The van der Waals surface area contributed by atoms with E-state index >= 15 is 0 Å². The van der Waals surface area contributed by atoms with Gasteiger partial charge in [0.25, 0.3) is 11.4 Å². The summed E-state index contributed by atoms with van der Waals surface area (Å²) in [5.74, 6) is 0. The van der Waals surface area contributed by atoms with Crippen molar-refractivity contribution in [2.75, 3.05) is 11.5 Å². The van der Waals surface area contributed by atoms with Gasteiger partial charge in [-0.05, 0) is 24.6 Å². The average Bonchev–Trinajstić information content (AvgIpc) is 2.61. The fourth-order valence-corrected chi connectivity index (χ4v) is 2.80. The molecule has 0 saturated heterocycles. The molecule has 0 N–H and O–H groups in total. The lowest BCUT2D eigenvalue weighted by Gasteiger charge is -2.34. The van der Waals surface area contributed by atoms with Crippen LogP contribution < -0.4 is 4.90 Å². The van der Waals surface area contributed by atoms with Crippen molar-refractivity contribution in [3.05, 3.63) is 80.0 Å². The van der Waals surface area contributed by atoms with E-state index in [4.69, 9.17) is 4.74 Å². The first-order chi connectivity index (χ1) is 12.0. The maximum absolute atomic E-state index is 11.4. The molecule has 1 atom stereocenters. The number of anilines is 1. The molecule has 0 amide bonds. The Balaban J connectivity index is 2.12. The molecule has 3 rings (SSSR count). The van der Waals surface area contributed by atoms with E-state index in [1.807, 2.05) is 37.3 Å². The van der Waals surface area contributed by atoms with Crippen LogP contribution in [0.1, 0.15) is 24.3 Å². The van der Waals surface area contributed by atoms with Crippen molar-refractivity contribution in [2.24, 2.45) is 0 Å². The van der Waals surface area contributed by atoms with Gasteiger partial charge in [0.2, 0.25) is 0 Å². The van der Waals surface area contributed by atoms with Crippen LogP contribution >= 0.6 is 0 Å².